The van der Waals surface area contributed by atoms with Gasteiger partial charge >= 0.3 is 5.97 Å². The van der Waals surface area contributed by atoms with Crippen molar-refractivity contribution >= 4 is 5.97 Å². The molecule has 2 aromatic carbocycles. The largest absolute Gasteiger partial charge is 0.460 e. The summed E-state index contributed by atoms with van der Waals surface area (Å²) in [4.78, 5) is 11.9. The summed E-state index contributed by atoms with van der Waals surface area (Å²) >= 11 is 0. The van der Waals surface area contributed by atoms with Crippen LogP contribution in [0, 0.1) is 11.8 Å². The van der Waals surface area contributed by atoms with Crippen LogP contribution in [0.2, 0.25) is 0 Å². The standard InChI is InChI=1S/C26H30O3/c1-25(2)15-16-26(3,4)22-17-20(13-14-21(22)25)23(27)11-8-12-24(28)29-18-19-9-6-5-7-10-19/h5-7,9-10,13-14,17,23,27H,12,15-16,18H2,1-4H3. The van der Waals surface area contributed by atoms with Crippen LogP contribution in [0.4, 0.5) is 0 Å². The highest BCUT2D eigenvalue weighted by atomic mass is 16.5. The third-order valence-corrected chi connectivity index (χ3v) is 5.91. The van der Waals surface area contributed by atoms with E-state index in [2.05, 4.69) is 51.7 Å². The molecule has 3 nitrogen and oxygen atoms in total. The van der Waals surface area contributed by atoms with E-state index in [1.807, 2.05) is 36.4 Å². The Morgan fingerprint density at radius 1 is 1.03 bits per heavy atom. The Balaban J connectivity index is 1.64. The molecule has 0 spiro atoms. The SMILES string of the molecule is CC1(C)CCC(C)(C)c2cc(C(O)C#CCC(=O)OCc3ccccc3)ccc21. The first-order valence-electron chi connectivity index (χ1n) is 10.2. The lowest BCUT2D eigenvalue weighted by Crippen LogP contribution is -2.34. The van der Waals surface area contributed by atoms with Gasteiger partial charge in [0.1, 0.15) is 19.1 Å². The summed E-state index contributed by atoms with van der Waals surface area (Å²) < 4.78 is 5.22. The van der Waals surface area contributed by atoms with Crippen LogP contribution in [0.5, 0.6) is 0 Å². The van der Waals surface area contributed by atoms with Crippen molar-refractivity contribution < 1.29 is 14.6 Å². The second-order valence-corrected chi connectivity index (χ2v) is 9.12. The zero-order valence-corrected chi connectivity index (χ0v) is 17.8. The number of rotatable bonds is 4. The molecule has 0 heterocycles. The maximum Gasteiger partial charge on any atom is 0.318 e. The van der Waals surface area contributed by atoms with Crippen LogP contribution in [0.25, 0.3) is 0 Å². The first-order valence-corrected chi connectivity index (χ1v) is 10.2. The van der Waals surface area contributed by atoms with Gasteiger partial charge in [-0.05, 0) is 45.9 Å². The normalized spacial score (nSPS) is 17.4. The fourth-order valence-electron chi connectivity index (χ4n) is 3.87. The van der Waals surface area contributed by atoms with E-state index < -0.39 is 6.10 Å². The molecule has 1 N–H and O–H groups in total. The number of aliphatic hydroxyl groups is 1. The van der Waals surface area contributed by atoms with Crippen LogP contribution in [-0.2, 0) is 27.0 Å². The average molecular weight is 391 g/mol. The van der Waals surface area contributed by atoms with E-state index in [9.17, 15) is 9.90 Å². The monoisotopic (exact) mass is 390 g/mol. The van der Waals surface area contributed by atoms with Crippen molar-refractivity contribution in [3.8, 4) is 11.8 Å². The van der Waals surface area contributed by atoms with Gasteiger partial charge in [0.05, 0.1) is 0 Å². The van der Waals surface area contributed by atoms with Crippen molar-refractivity contribution in [1.29, 1.82) is 0 Å². The highest BCUT2D eigenvalue weighted by Crippen LogP contribution is 2.46. The number of carbonyl (C=O) groups is 1. The van der Waals surface area contributed by atoms with Crippen molar-refractivity contribution in [2.45, 2.75) is 70.5 Å². The van der Waals surface area contributed by atoms with Crippen LogP contribution in [0.15, 0.2) is 48.5 Å². The first-order chi connectivity index (χ1) is 13.7. The molecule has 0 radical (unpaired) electrons. The van der Waals surface area contributed by atoms with Gasteiger partial charge in [0.15, 0.2) is 0 Å². The summed E-state index contributed by atoms with van der Waals surface area (Å²) in [5, 5.41) is 10.5. The van der Waals surface area contributed by atoms with Crippen molar-refractivity contribution in [1.82, 2.24) is 0 Å². The number of carbonyl (C=O) groups excluding carboxylic acids is 1. The van der Waals surface area contributed by atoms with Gasteiger partial charge in [0, 0.05) is 0 Å². The Bertz CT molecular complexity index is 929. The lowest BCUT2D eigenvalue weighted by Gasteiger charge is -2.42. The van der Waals surface area contributed by atoms with E-state index >= 15 is 0 Å². The van der Waals surface area contributed by atoms with Gasteiger partial charge in [-0.15, -0.1) is 0 Å². The number of benzene rings is 2. The Labute approximate surface area is 174 Å². The van der Waals surface area contributed by atoms with E-state index in [0.29, 0.717) is 0 Å². The Kier molecular flexibility index (Phi) is 6.15. The lowest BCUT2D eigenvalue weighted by atomic mass is 9.63. The summed E-state index contributed by atoms with van der Waals surface area (Å²) in [5.74, 6) is 5.16. The topological polar surface area (TPSA) is 46.5 Å². The van der Waals surface area contributed by atoms with Crippen LogP contribution in [0.3, 0.4) is 0 Å². The molecule has 0 aliphatic heterocycles. The maximum atomic E-state index is 11.9. The molecule has 1 aliphatic carbocycles. The minimum Gasteiger partial charge on any atom is -0.460 e. The van der Waals surface area contributed by atoms with Crippen LogP contribution in [-0.4, -0.2) is 11.1 Å². The number of fused-ring (bicyclic) bond motifs is 1. The highest BCUT2D eigenvalue weighted by Gasteiger charge is 2.37. The molecule has 2 aromatic rings. The number of esters is 1. The Morgan fingerprint density at radius 3 is 2.38 bits per heavy atom. The molecule has 0 amide bonds. The number of aliphatic hydroxyl groups excluding tert-OH is 1. The van der Waals surface area contributed by atoms with E-state index in [0.717, 1.165) is 24.0 Å². The fraction of sp³-hybridized carbons (Fsp3) is 0.423. The summed E-state index contributed by atoms with van der Waals surface area (Å²) in [6.07, 6.45) is 1.32. The van der Waals surface area contributed by atoms with Gasteiger partial charge in [-0.2, -0.15) is 0 Å². The zero-order chi connectivity index (χ0) is 21.1. The predicted molar refractivity (Wildman–Crippen MR) is 115 cm³/mol. The van der Waals surface area contributed by atoms with Crippen molar-refractivity contribution in [2.75, 3.05) is 0 Å². The van der Waals surface area contributed by atoms with Gasteiger partial charge in [-0.1, -0.05) is 88.1 Å². The summed E-state index contributed by atoms with van der Waals surface area (Å²) in [7, 11) is 0. The second-order valence-electron chi connectivity index (χ2n) is 9.12. The molecule has 152 valence electrons. The van der Waals surface area contributed by atoms with Crippen molar-refractivity contribution in [3.63, 3.8) is 0 Å². The third kappa shape index (κ3) is 5.08. The highest BCUT2D eigenvalue weighted by molar-refractivity contribution is 5.72. The van der Waals surface area contributed by atoms with E-state index in [4.69, 9.17) is 4.74 Å². The van der Waals surface area contributed by atoms with E-state index in [-0.39, 0.29) is 29.8 Å². The minimum atomic E-state index is -0.914. The Morgan fingerprint density at radius 2 is 1.69 bits per heavy atom. The van der Waals surface area contributed by atoms with Crippen LogP contribution in [0.1, 0.15) is 75.3 Å². The molecule has 1 atom stereocenters. The second kappa shape index (κ2) is 8.43. The molecular formula is C26H30O3. The van der Waals surface area contributed by atoms with Gasteiger partial charge in [0.2, 0.25) is 0 Å². The van der Waals surface area contributed by atoms with Crippen molar-refractivity contribution in [2.24, 2.45) is 0 Å². The Hall–Kier alpha value is -2.57. The maximum absolute atomic E-state index is 11.9. The van der Waals surface area contributed by atoms with Gasteiger partial charge in [-0.25, -0.2) is 0 Å². The summed E-state index contributed by atoms with van der Waals surface area (Å²) in [6, 6.07) is 15.7. The van der Waals surface area contributed by atoms with Gasteiger partial charge in [0.25, 0.3) is 0 Å². The summed E-state index contributed by atoms with van der Waals surface area (Å²) in [5.41, 5.74) is 4.57. The predicted octanol–water partition coefficient (Wildman–Crippen LogP) is 5.21. The molecular weight excluding hydrogens is 360 g/mol. The molecule has 29 heavy (non-hydrogen) atoms. The van der Waals surface area contributed by atoms with Crippen LogP contribution < -0.4 is 0 Å². The number of hydrogen-bond donors (Lipinski definition) is 1. The van der Waals surface area contributed by atoms with E-state index in [1.165, 1.54) is 11.1 Å². The number of ether oxygens (including phenoxy) is 1. The zero-order valence-electron chi connectivity index (χ0n) is 17.8. The third-order valence-electron chi connectivity index (χ3n) is 5.91. The average Bonchev–Trinajstić information content (AvgIpc) is 2.70. The minimum absolute atomic E-state index is 0.0344. The molecule has 1 aliphatic rings. The molecule has 0 bridgehead atoms. The quantitative estimate of drug-likeness (QED) is 0.576. The number of hydrogen-bond acceptors (Lipinski definition) is 3. The molecule has 0 aromatic heterocycles. The smallest absolute Gasteiger partial charge is 0.318 e. The van der Waals surface area contributed by atoms with Crippen LogP contribution >= 0.6 is 0 Å². The molecule has 0 saturated heterocycles. The molecule has 0 saturated carbocycles. The van der Waals surface area contributed by atoms with Gasteiger partial charge in [-0.3, -0.25) is 4.79 Å². The lowest BCUT2D eigenvalue weighted by molar-refractivity contribution is -0.143. The fourth-order valence-corrected chi connectivity index (χ4v) is 3.87. The molecule has 1 unspecified atom stereocenters. The van der Waals surface area contributed by atoms with E-state index in [1.54, 1.807) is 0 Å². The molecule has 3 heteroatoms. The van der Waals surface area contributed by atoms with Crippen molar-refractivity contribution in [3.05, 3.63) is 70.8 Å². The molecule has 0 fully saturated rings. The molecule has 3 rings (SSSR count). The first kappa shape index (κ1) is 21.1. The van der Waals surface area contributed by atoms with Gasteiger partial charge < -0.3 is 9.84 Å². The summed E-state index contributed by atoms with van der Waals surface area (Å²) in [6.45, 7) is 9.30.